The first-order chi connectivity index (χ1) is 9.52. The molecule has 0 aliphatic heterocycles. The van der Waals surface area contributed by atoms with Gasteiger partial charge in [-0.05, 0) is 51.7 Å². The zero-order valence-corrected chi connectivity index (χ0v) is 12.7. The molecular formula is C14H12BrClF2N2. The van der Waals surface area contributed by atoms with Crippen molar-refractivity contribution in [3.63, 3.8) is 0 Å². The first-order valence-corrected chi connectivity index (χ1v) is 7.04. The van der Waals surface area contributed by atoms with E-state index in [4.69, 9.17) is 17.4 Å². The molecule has 0 saturated heterocycles. The summed E-state index contributed by atoms with van der Waals surface area (Å²) >= 11 is 9.32. The van der Waals surface area contributed by atoms with E-state index in [2.05, 4.69) is 21.4 Å². The van der Waals surface area contributed by atoms with Gasteiger partial charge in [0.05, 0.1) is 11.1 Å². The monoisotopic (exact) mass is 360 g/mol. The highest BCUT2D eigenvalue weighted by Gasteiger charge is 2.16. The highest BCUT2D eigenvalue weighted by molar-refractivity contribution is 9.10. The molecule has 2 rings (SSSR count). The summed E-state index contributed by atoms with van der Waals surface area (Å²) in [7, 11) is 0. The SMILES string of the molecule is NNC(Cc1cccc(F)c1F)c1ccc(Br)c(Cl)c1. The molecule has 0 spiro atoms. The van der Waals surface area contributed by atoms with Crippen LogP contribution in [0.2, 0.25) is 5.02 Å². The van der Waals surface area contributed by atoms with Gasteiger partial charge in [-0.1, -0.05) is 29.8 Å². The van der Waals surface area contributed by atoms with Gasteiger partial charge in [-0.25, -0.2) is 8.78 Å². The van der Waals surface area contributed by atoms with Gasteiger partial charge in [0.25, 0.3) is 0 Å². The van der Waals surface area contributed by atoms with Crippen molar-refractivity contribution in [2.75, 3.05) is 0 Å². The fourth-order valence-electron chi connectivity index (χ4n) is 1.93. The van der Waals surface area contributed by atoms with Crippen molar-refractivity contribution in [2.45, 2.75) is 12.5 Å². The summed E-state index contributed by atoms with van der Waals surface area (Å²) in [6.07, 6.45) is 0.220. The van der Waals surface area contributed by atoms with E-state index in [0.29, 0.717) is 5.02 Å². The third-order valence-electron chi connectivity index (χ3n) is 3.00. The summed E-state index contributed by atoms with van der Waals surface area (Å²) in [5.74, 6) is 3.79. The maximum atomic E-state index is 13.7. The number of nitrogens with two attached hydrogens (primary N) is 1. The number of benzene rings is 2. The molecule has 2 aromatic carbocycles. The number of hydrogen-bond acceptors (Lipinski definition) is 2. The van der Waals surface area contributed by atoms with Gasteiger partial charge in [0.15, 0.2) is 11.6 Å². The van der Waals surface area contributed by atoms with Crippen molar-refractivity contribution < 1.29 is 8.78 Å². The van der Waals surface area contributed by atoms with Crippen LogP contribution >= 0.6 is 27.5 Å². The molecule has 0 aliphatic carbocycles. The molecule has 0 saturated carbocycles. The number of halogens is 4. The predicted molar refractivity (Wildman–Crippen MR) is 79.3 cm³/mol. The number of hydrogen-bond donors (Lipinski definition) is 2. The molecule has 0 radical (unpaired) electrons. The van der Waals surface area contributed by atoms with Gasteiger partial charge in [0, 0.05) is 4.47 Å². The molecule has 0 fully saturated rings. The van der Waals surface area contributed by atoms with Gasteiger partial charge in [0.1, 0.15) is 0 Å². The predicted octanol–water partition coefficient (Wildman–Crippen LogP) is 4.13. The summed E-state index contributed by atoms with van der Waals surface area (Å²) < 4.78 is 27.6. The van der Waals surface area contributed by atoms with Crippen molar-refractivity contribution in [3.8, 4) is 0 Å². The first kappa shape index (κ1) is 15.4. The lowest BCUT2D eigenvalue weighted by Crippen LogP contribution is -2.29. The van der Waals surface area contributed by atoms with E-state index in [1.54, 1.807) is 12.1 Å². The molecule has 0 bridgehead atoms. The van der Waals surface area contributed by atoms with E-state index in [-0.39, 0.29) is 18.0 Å². The minimum Gasteiger partial charge on any atom is -0.271 e. The van der Waals surface area contributed by atoms with Crippen molar-refractivity contribution >= 4 is 27.5 Å². The third-order valence-corrected chi connectivity index (χ3v) is 4.24. The maximum Gasteiger partial charge on any atom is 0.162 e. The Kier molecular flexibility index (Phi) is 5.10. The maximum absolute atomic E-state index is 13.7. The smallest absolute Gasteiger partial charge is 0.162 e. The van der Waals surface area contributed by atoms with Crippen LogP contribution in [0.3, 0.4) is 0 Å². The van der Waals surface area contributed by atoms with Gasteiger partial charge in [-0.3, -0.25) is 11.3 Å². The standard InChI is InChI=1S/C14H12BrClF2N2/c15-10-5-4-8(6-11(10)16)13(20-19)7-9-2-1-3-12(17)14(9)18/h1-6,13,20H,7,19H2. The first-order valence-electron chi connectivity index (χ1n) is 5.87. The molecule has 2 aromatic rings. The summed E-state index contributed by atoms with van der Waals surface area (Å²) in [6, 6.07) is 9.05. The van der Waals surface area contributed by atoms with Crippen LogP contribution in [-0.2, 0) is 6.42 Å². The molecule has 0 heterocycles. The largest absolute Gasteiger partial charge is 0.271 e. The Labute approximate surface area is 129 Å². The average Bonchev–Trinajstić information content (AvgIpc) is 2.44. The van der Waals surface area contributed by atoms with Crippen LogP contribution in [0.4, 0.5) is 8.78 Å². The van der Waals surface area contributed by atoms with Crippen molar-refractivity contribution in [1.29, 1.82) is 0 Å². The van der Waals surface area contributed by atoms with Crippen LogP contribution in [0, 0.1) is 11.6 Å². The molecule has 2 nitrogen and oxygen atoms in total. The minimum atomic E-state index is -0.868. The molecule has 3 N–H and O–H groups in total. The molecule has 0 aromatic heterocycles. The van der Waals surface area contributed by atoms with Gasteiger partial charge in [-0.15, -0.1) is 0 Å². The lowest BCUT2D eigenvalue weighted by atomic mass is 9.99. The fraction of sp³-hybridized carbons (Fsp3) is 0.143. The minimum absolute atomic E-state index is 0.220. The Morgan fingerprint density at radius 1 is 1.25 bits per heavy atom. The van der Waals surface area contributed by atoms with Gasteiger partial charge < -0.3 is 0 Å². The molecule has 6 heteroatoms. The highest BCUT2D eigenvalue weighted by Crippen LogP contribution is 2.28. The van der Waals surface area contributed by atoms with E-state index in [1.807, 2.05) is 6.07 Å². The quantitative estimate of drug-likeness (QED) is 0.635. The van der Waals surface area contributed by atoms with Crippen molar-refractivity contribution in [3.05, 3.63) is 68.7 Å². The second-order valence-electron chi connectivity index (χ2n) is 4.31. The normalized spacial score (nSPS) is 12.4. The zero-order valence-electron chi connectivity index (χ0n) is 10.3. The van der Waals surface area contributed by atoms with E-state index < -0.39 is 11.6 Å². The van der Waals surface area contributed by atoms with E-state index in [9.17, 15) is 8.78 Å². The Morgan fingerprint density at radius 2 is 2.00 bits per heavy atom. The second kappa shape index (κ2) is 6.63. The van der Waals surface area contributed by atoms with E-state index in [1.165, 1.54) is 12.1 Å². The average molecular weight is 362 g/mol. The Bertz CT molecular complexity index is 622. The molecule has 1 unspecified atom stereocenters. The number of rotatable bonds is 4. The van der Waals surface area contributed by atoms with Crippen LogP contribution in [0.25, 0.3) is 0 Å². The van der Waals surface area contributed by atoms with Crippen molar-refractivity contribution in [2.24, 2.45) is 5.84 Å². The van der Waals surface area contributed by atoms with Gasteiger partial charge in [-0.2, -0.15) is 0 Å². The van der Waals surface area contributed by atoms with Crippen LogP contribution < -0.4 is 11.3 Å². The lowest BCUT2D eigenvalue weighted by molar-refractivity contribution is 0.481. The Hall–Kier alpha value is -1.01. The van der Waals surface area contributed by atoms with Crippen LogP contribution in [0.1, 0.15) is 17.2 Å². The van der Waals surface area contributed by atoms with E-state index >= 15 is 0 Å². The zero-order chi connectivity index (χ0) is 14.7. The molecule has 106 valence electrons. The van der Waals surface area contributed by atoms with Crippen LogP contribution in [-0.4, -0.2) is 0 Å². The molecular weight excluding hydrogens is 350 g/mol. The second-order valence-corrected chi connectivity index (χ2v) is 5.57. The summed E-state index contributed by atoms with van der Waals surface area (Å²) in [4.78, 5) is 0. The topological polar surface area (TPSA) is 38.0 Å². The number of nitrogens with one attached hydrogen (secondary N) is 1. The van der Waals surface area contributed by atoms with E-state index in [0.717, 1.165) is 16.1 Å². The Morgan fingerprint density at radius 3 is 2.65 bits per heavy atom. The highest BCUT2D eigenvalue weighted by atomic mass is 79.9. The molecule has 20 heavy (non-hydrogen) atoms. The summed E-state index contributed by atoms with van der Waals surface area (Å²) in [6.45, 7) is 0. The van der Waals surface area contributed by atoms with Crippen LogP contribution in [0.5, 0.6) is 0 Å². The number of hydrazine groups is 1. The fourth-order valence-corrected chi connectivity index (χ4v) is 2.36. The summed E-state index contributed by atoms with van der Waals surface area (Å²) in [5.41, 5.74) is 3.65. The molecule has 0 aliphatic rings. The lowest BCUT2D eigenvalue weighted by Gasteiger charge is -2.17. The third kappa shape index (κ3) is 3.35. The van der Waals surface area contributed by atoms with Gasteiger partial charge in [0.2, 0.25) is 0 Å². The Balaban J connectivity index is 2.28. The van der Waals surface area contributed by atoms with Gasteiger partial charge >= 0.3 is 0 Å². The van der Waals surface area contributed by atoms with Crippen LogP contribution in [0.15, 0.2) is 40.9 Å². The molecule has 0 amide bonds. The molecule has 1 atom stereocenters. The van der Waals surface area contributed by atoms with Crippen molar-refractivity contribution in [1.82, 2.24) is 5.43 Å². The summed E-state index contributed by atoms with van der Waals surface area (Å²) in [5, 5.41) is 0.530.